The van der Waals surface area contributed by atoms with E-state index in [1.165, 1.54) is 6.07 Å². The van der Waals surface area contributed by atoms with Crippen LogP contribution in [-0.2, 0) is 10.2 Å². The minimum atomic E-state index is -4.36. The van der Waals surface area contributed by atoms with Crippen LogP contribution >= 0.6 is 0 Å². The van der Waals surface area contributed by atoms with Gasteiger partial charge in [0.1, 0.15) is 23.1 Å². The van der Waals surface area contributed by atoms with Crippen molar-refractivity contribution in [1.29, 1.82) is 0 Å². The average Bonchev–Trinajstić information content (AvgIpc) is 3.32. The third kappa shape index (κ3) is 6.80. The van der Waals surface area contributed by atoms with Crippen molar-refractivity contribution in [2.75, 3.05) is 19.6 Å². The van der Waals surface area contributed by atoms with Crippen molar-refractivity contribution < 1.29 is 36.1 Å². The number of benzene rings is 1. The number of aromatic nitrogens is 2. The third-order valence-electron chi connectivity index (χ3n) is 7.31. The van der Waals surface area contributed by atoms with Crippen LogP contribution in [0.2, 0.25) is 0 Å². The van der Waals surface area contributed by atoms with E-state index >= 15 is 0 Å². The zero-order valence-corrected chi connectivity index (χ0v) is 22.4. The van der Waals surface area contributed by atoms with Crippen molar-refractivity contribution in [3.63, 3.8) is 0 Å². The van der Waals surface area contributed by atoms with Gasteiger partial charge in [0.25, 0.3) is 0 Å². The summed E-state index contributed by atoms with van der Waals surface area (Å²) >= 11 is 0. The van der Waals surface area contributed by atoms with Gasteiger partial charge in [-0.1, -0.05) is 32.0 Å². The molecule has 3 heterocycles. The predicted molar refractivity (Wildman–Crippen MR) is 136 cm³/mol. The van der Waals surface area contributed by atoms with Crippen molar-refractivity contribution in [2.24, 2.45) is 11.3 Å². The third-order valence-corrected chi connectivity index (χ3v) is 7.31. The summed E-state index contributed by atoms with van der Waals surface area (Å²) in [6.07, 6.45) is -2.75. The number of ketones is 2. The number of carbonyl (C=O) groups is 2. The van der Waals surface area contributed by atoms with E-state index in [0.29, 0.717) is 6.07 Å². The van der Waals surface area contributed by atoms with Gasteiger partial charge in [0.15, 0.2) is 11.5 Å². The lowest BCUT2D eigenvalue weighted by Gasteiger charge is -2.51. The molecule has 40 heavy (non-hydrogen) atoms. The van der Waals surface area contributed by atoms with Crippen molar-refractivity contribution in [1.82, 2.24) is 15.0 Å². The zero-order chi connectivity index (χ0) is 29.3. The van der Waals surface area contributed by atoms with Gasteiger partial charge in [-0.2, -0.15) is 13.2 Å². The fourth-order valence-electron chi connectivity index (χ4n) is 5.29. The smallest absolute Gasteiger partial charge is 0.355 e. The molecule has 1 atom stereocenters. The predicted octanol–water partition coefficient (Wildman–Crippen LogP) is 6.42. The van der Waals surface area contributed by atoms with E-state index in [1.54, 1.807) is 17.2 Å². The van der Waals surface area contributed by atoms with E-state index in [-0.39, 0.29) is 61.7 Å². The Morgan fingerprint density at radius 3 is 2.42 bits per heavy atom. The number of Topliss-reactive ketones (excluding diaryl/α,β-unsaturated/α-hetero) is 2. The topological polar surface area (TPSA) is 76.3 Å². The van der Waals surface area contributed by atoms with Crippen LogP contribution in [0.15, 0.2) is 53.2 Å². The highest BCUT2D eigenvalue weighted by atomic mass is 19.4. The zero-order valence-electron chi connectivity index (χ0n) is 22.4. The minimum absolute atomic E-state index is 0.0107. The number of rotatable bonds is 11. The second kappa shape index (κ2) is 11.2. The molecule has 1 aliphatic heterocycles. The highest BCUT2D eigenvalue weighted by Crippen LogP contribution is 2.42. The maximum absolute atomic E-state index is 14.2. The maximum Gasteiger partial charge on any atom is 0.392 e. The summed E-state index contributed by atoms with van der Waals surface area (Å²) in [5.41, 5.74) is -0.935. The van der Waals surface area contributed by atoms with Crippen molar-refractivity contribution >= 4 is 11.6 Å². The molecule has 0 aliphatic carbocycles. The Morgan fingerprint density at radius 1 is 1.07 bits per heavy atom. The second-order valence-electron chi connectivity index (χ2n) is 11.4. The van der Waals surface area contributed by atoms with E-state index in [9.17, 15) is 31.5 Å². The number of alkyl halides is 3. The van der Waals surface area contributed by atoms with Crippen LogP contribution in [-0.4, -0.2) is 52.4 Å². The molecule has 1 aromatic carbocycles. The first-order chi connectivity index (χ1) is 18.7. The molecule has 0 bridgehead atoms. The highest BCUT2D eigenvalue weighted by molar-refractivity contribution is 5.96. The van der Waals surface area contributed by atoms with Crippen LogP contribution in [0.25, 0.3) is 11.3 Å². The summed E-state index contributed by atoms with van der Waals surface area (Å²) in [6, 6.07) is 9.53. The molecule has 0 amide bonds. The monoisotopic (exact) mass is 563 g/mol. The van der Waals surface area contributed by atoms with Crippen LogP contribution in [0, 0.1) is 23.0 Å². The fraction of sp³-hybridized carbons (Fsp3) is 0.448. The van der Waals surface area contributed by atoms with Crippen molar-refractivity contribution in [3.05, 3.63) is 71.7 Å². The van der Waals surface area contributed by atoms with Gasteiger partial charge >= 0.3 is 6.18 Å². The quantitative estimate of drug-likeness (QED) is 0.198. The number of nitrogens with zero attached hydrogens (tertiary/aromatic N) is 3. The molecule has 1 saturated heterocycles. The Hall–Kier alpha value is -3.47. The minimum Gasteiger partial charge on any atom is -0.355 e. The molecule has 4 rings (SSSR count). The van der Waals surface area contributed by atoms with Crippen LogP contribution in [0.1, 0.15) is 56.2 Å². The molecule has 214 valence electrons. The lowest BCUT2D eigenvalue weighted by Crippen LogP contribution is -2.59. The second-order valence-corrected chi connectivity index (χ2v) is 11.4. The number of hydrogen-bond acceptors (Lipinski definition) is 6. The molecule has 6 nitrogen and oxygen atoms in total. The van der Waals surface area contributed by atoms with E-state index in [1.807, 2.05) is 26.0 Å². The first-order valence-electron chi connectivity index (χ1n) is 12.9. The first-order valence-corrected chi connectivity index (χ1v) is 12.9. The normalized spacial score (nSPS) is 16.4. The molecule has 0 saturated carbocycles. The number of halogens is 5. The number of carbonyl (C=O) groups excluding carboxylic acids is 2. The van der Waals surface area contributed by atoms with Crippen LogP contribution in [0.3, 0.4) is 0 Å². The molecule has 2 aromatic heterocycles. The van der Waals surface area contributed by atoms with Crippen LogP contribution in [0.5, 0.6) is 0 Å². The fourth-order valence-corrected chi connectivity index (χ4v) is 5.29. The Bertz CT molecular complexity index is 1360. The molecule has 0 radical (unpaired) electrons. The van der Waals surface area contributed by atoms with Crippen molar-refractivity contribution in [3.8, 4) is 11.3 Å². The Balaban J connectivity index is 1.50. The lowest BCUT2D eigenvalue weighted by atomic mass is 9.69. The van der Waals surface area contributed by atoms with Crippen LogP contribution in [0.4, 0.5) is 22.0 Å². The molecular formula is C29H30F5N3O3. The summed E-state index contributed by atoms with van der Waals surface area (Å²) in [5, 5.41) is 3.74. The first kappa shape index (κ1) is 29.5. The summed E-state index contributed by atoms with van der Waals surface area (Å²) in [4.78, 5) is 32.4. The number of likely N-dealkylation sites (tertiary alicyclic amines) is 1. The van der Waals surface area contributed by atoms with Gasteiger partial charge in [-0.3, -0.25) is 14.6 Å². The molecule has 0 spiro atoms. The summed E-state index contributed by atoms with van der Waals surface area (Å²) in [7, 11) is 0. The average molecular weight is 564 g/mol. The largest absolute Gasteiger partial charge is 0.392 e. The molecule has 0 N–H and O–H groups in total. The number of hydrogen-bond donors (Lipinski definition) is 0. The maximum atomic E-state index is 14.2. The van der Waals surface area contributed by atoms with E-state index in [2.05, 4.69) is 10.1 Å². The van der Waals surface area contributed by atoms with Gasteiger partial charge < -0.3 is 9.42 Å². The van der Waals surface area contributed by atoms with Gasteiger partial charge in [0.05, 0.1) is 11.5 Å². The summed E-state index contributed by atoms with van der Waals surface area (Å²) < 4.78 is 72.0. The molecule has 1 fully saturated rings. The van der Waals surface area contributed by atoms with Gasteiger partial charge in [-0.05, 0) is 24.3 Å². The standard InChI is InChI=1S/C29H30F5N3O3/c1-18(29(32,33)34)15-37-16-28(17-37,13-20(38)12-27(2,3)26-6-4-5-9-35-26)14-24(39)23-11-25(40-36-23)21-8-7-19(30)10-22(21)31/h4-11,18H,12-17H2,1-3H3. The molecule has 11 heteroatoms. The highest BCUT2D eigenvalue weighted by Gasteiger charge is 2.48. The summed E-state index contributed by atoms with van der Waals surface area (Å²) in [6.45, 7) is 4.88. The molecule has 1 unspecified atom stereocenters. The van der Waals surface area contributed by atoms with Gasteiger partial charge in [-0.15, -0.1) is 0 Å². The lowest BCUT2D eigenvalue weighted by molar-refractivity contribution is -0.181. The van der Waals surface area contributed by atoms with Gasteiger partial charge in [-0.25, -0.2) is 8.78 Å². The Morgan fingerprint density at radius 2 is 1.80 bits per heavy atom. The van der Waals surface area contributed by atoms with Crippen LogP contribution < -0.4 is 0 Å². The Kier molecular flexibility index (Phi) is 8.26. The van der Waals surface area contributed by atoms with Gasteiger partial charge in [0.2, 0.25) is 0 Å². The Labute approximate surface area is 228 Å². The van der Waals surface area contributed by atoms with Crippen molar-refractivity contribution in [2.45, 2.75) is 51.6 Å². The van der Waals surface area contributed by atoms with Gasteiger partial charge in [0, 0.05) is 73.8 Å². The SMILES string of the molecule is CC(CN1CC(CC(=O)CC(C)(C)c2ccccn2)(CC(=O)c2cc(-c3ccc(F)cc3F)on2)C1)C(F)(F)F. The van der Waals surface area contributed by atoms with E-state index in [4.69, 9.17) is 4.52 Å². The van der Waals surface area contributed by atoms with E-state index in [0.717, 1.165) is 24.8 Å². The molecular weight excluding hydrogens is 533 g/mol. The summed E-state index contributed by atoms with van der Waals surface area (Å²) in [5.74, 6) is -3.93. The number of pyridine rings is 1. The van der Waals surface area contributed by atoms with E-state index < -0.39 is 40.3 Å². The molecule has 1 aliphatic rings. The molecule has 3 aromatic rings.